The van der Waals surface area contributed by atoms with E-state index in [-0.39, 0.29) is 53.1 Å². The highest BCUT2D eigenvalue weighted by Gasteiger charge is 2.24. The number of ether oxygens (including phenoxy) is 1. The molecule has 1 aliphatic rings. The maximum absolute atomic E-state index is 15.0. The summed E-state index contributed by atoms with van der Waals surface area (Å²) in [6.07, 6.45) is 1.88. The molecule has 202 valence electrons. The van der Waals surface area contributed by atoms with E-state index >= 15 is 4.39 Å². The van der Waals surface area contributed by atoms with Gasteiger partial charge < -0.3 is 31.7 Å². The van der Waals surface area contributed by atoms with Crippen molar-refractivity contribution >= 4 is 34.9 Å². The van der Waals surface area contributed by atoms with Crippen molar-refractivity contribution in [2.24, 2.45) is 0 Å². The molecule has 0 aliphatic carbocycles. The van der Waals surface area contributed by atoms with Crippen LogP contribution in [-0.4, -0.2) is 50.7 Å². The summed E-state index contributed by atoms with van der Waals surface area (Å²) in [5.41, 5.74) is 7.76. The van der Waals surface area contributed by atoms with Gasteiger partial charge in [-0.15, -0.1) is 0 Å². The van der Waals surface area contributed by atoms with Crippen molar-refractivity contribution in [3.8, 4) is 17.0 Å². The largest absolute Gasteiger partial charge is 0.473 e. The number of carbonyl (C=O) groups excluding carboxylic acids is 2. The summed E-state index contributed by atoms with van der Waals surface area (Å²) in [5.74, 6) is -1.30. The Bertz CT molecular complexity index is 1590. The molecule has 14 heteroatoms. The minimum absolute atomic E-state index is 0.0204. The second-order valence-corrected chi connectivity index (χ2v) is 8.80. The number of nitrogens with zero attached hydrogens (tertiary/aromatic N) is 4. The zero-order valence-electron chi connectivity index (χ0n) is 21.0. The molecule has 0 fully saturated rings. The Morgan fingerprint density at radius 3 is 2.85 bits per heavy atom. The molecule has 6 N–H and O–H groups in total. The molecule has 0 saturated carbocycles. The van der Waals surface area contributed by atoms with Gasteiger partial charge in [0.15, 0.2) is 5.65 Å². The van der Waals surface area contributed by atoms with E-state index in [4.69, 9.17) is 10.5 Å². The maximum atomic E-state index is 15.0. The van der Waals surface area contributed by atoms with Crippen molar-refractivity contribution in [1.82, 2.24) is 30.2 Å². The van der Waals surface area contributed by atoms with Gasteiger partial charge in [0.25, 0.3) is 5.91 Å². The van der Waals surface area contributed by atoms with Crippen LogP contribution < -0.4 is 31.7 Å². The number of hydrogen-bond donors (Lipinski definition) is 5. The number of benzene rings is 1. The highest BCUT2D eigenvalue weighted by Crippen LogP contribution is 2.36. The number of amides is 3. The van der Waals surface area contributed by atoms with E-state index < -0.39 is 29.7 Å². The fourth-order valence-corrected chi connectivity index (χ4v) is 4.13. The molecule has 1 atom stereocenters. The first-order valence-corrected chi connectivity index (χ1v) is 12.1. The molecule has 1 aliphatic heterocycles. The Labute approximate surface area is 221 Å². The van der Waals surface area contributed by atoms with Gasteiger partial charge in [0.1, 0.15) is 34.9 Å². The number of aromatic nitrogens is 4. The molecule has 0 spiro atoms. The van der Waals surface area contributed by atoms with Crippen LogP contribution in [0.15, 0.2) is 36.7 Å². The molecular formula is C25H25F2N9O3. The Balaban J connectivity index is 1.63. The van der Waals surface area contributed by atoms with Crippen molar-refractivity contribution in [1.29, 1.82) is 0 Å². The van der Waals surface area contributed by atoms with Gasteiger partial charge in [-0.05, 0) is 37.6 Å². The first kappa shape index (κ1) is 25.6. The van der Waals surface area contributed by atoms with Crippen LogP contribution in [-0.2, 0) is 6.54 Å². The first-order chi connectivity index (χ1) is 18.7. The van der Waals surface area contributed by atoms with E-state index in [2.05, 4.69) is 36.3 Å². The van der Waals surface area contributed by atoms with Crippen LogP contribution in [0.5, 0.6) is 5.88 Å². The number of urea groups is 1. The van der Waals surface area contributed by atoms with Gasteiger partial charge in [0, 0.05) is 18.7 Å². The lowest BCUT2D eigenvalue weighted by Crippen LogP contribution is -2.33. The highest BCUT2D eigenvalue weighted by molar-refractivity contribution is 6.01. The molecule has 12 nitrogen and oxygen atoms in total. The van der Waals surface area contributed by atoms with Crippen molar-refractivity contribution in [2.75, 3.05) is 29.5 Å². The zero-order valence-corrected chi connectivity index (χ0v) is 21.0. The van der Waals surface area contributed by atoms with Gasteiger partial charge >= 0.3 is 6.03 Å². The quantitative estimate of drug-likeness (QED) is 0.267. The van der Waals surface area contributed by atoms with Gasteiger partial charge in [-0.25, -0.2) is 23.5 Å². The number of hydrogen-bond acceptors (Lipinski definition) is 8. The Kier molecular flexibility index (Phi) is 6.83. The second kappa shape index (κ2) is 10.4. The van der Waals surface area contributed by atoms with E-state index in [0.717, 1.165) is 6.20 Å². The van der Waals surface area contributed by atoms with E-state index in [0.29, 0.717) is 17.7 Å². The number of fused-ring (bicyclic) bond motifs is 2. The van der Waals surface area contributed by atoms with Crippen LogP contribution in [0.3, 0.4) is 0 Å². The fraction of sp³-hybridized carbons (Fsp3) is 0.240. The van der Waals surface area contributed by atoms with E-state index in [9.17, 15) is 14.0 Å². The number of nitrogens with one attached hydrogen (secondary N) is 4. The number of halogens is 2. The summed E-state index contributed by atoms with van der Waals surface area (Å²) in [5, 5.41) is 15.1. The van der Waals surface area contributed by atoms with Crippen LogP contribution in [0.25, 0.3) is 16.8 Å². The van der Waals surface area contributed by atoms with Gasteiger partial charge in [0.05, 0.1) is 30.2 Å². The number of nitrogen functional groups attached to an aromatic ring is 1. The SMILES string of the molecule is CCNC(=O)Nc1ccc(-c2c3nc4c(cnn4c2N)C(=O)NC[C@H](C)Oc2ncc(F)cc2CN3)cc1F. The molecule has 1 aromatic carbocycles. The third-order valence-corrected chi connectivity index (χ3v) is 5.97. The fourth-order valence-electron chi connectivity index (χ4n) is 4.13. The van der Waals surface area contributed by atoms with Gasteiger partial charge in [-0.2, -0.15) is 9.61 Å². The normalized spacial score (nSPS) is 15.2. The van der Waals surface area contributed by atoms with Gasteiger partial charge in [-0.1, -0.05) is 6.07 Å². The minimum atomic E-state index is -0.713. The van der Waals surface area contributed by atoms with Crippen LogP contribution in [0.2, 0.25) is 0 Å². The number of rotatable bonds is 3. The molecular weight excluding hydrogens is 512 g/mol. The van der Waals surface area contributed by atoms with Crippen LogP contribution in [0.4, 0.5) is 30.9 Å². The standard InChI is InChI=1S/C25H25F2N9O3/c1-3-29-25(38)34-18-5-4-13(7-17(18)27)19-20(28)36-22-16(11-33-36)23(37)31-8-12(2)39-24-14(6-15(26)10-32-24)9-30-21(19)35-22/h4-7,10-12H,3,8-9,28H2,1-2H3,(H,30,35)(H,31,37)(H2,29,34,38)/t12-/m0/s1. The third kappa shape index (κ3) is 5.08. The molecule has 0 unspecified atom stereocenters. The van der Waals surface area contributed by atoms with Crippen LogP contribution >= 0.6 is 0 Å². The highest BCUT2D eigenvalue weighted by atomic mass is 19.1. The summed E-state index contributed by atoms with van der Waals surface area (Å²) in [4.78, 5) is 33.5. The smallest absolute Gasteiger partial charge is 0.319 e. The van der Waals surface area contributed by atoms with Gasteiger partial charge in [-0.3, -0.25) is 4.79 Å². The Hall–Kier alpha value is -5.01. The van der Waals surface area contributed by atoms with Gasteiger partial charge in [0.2, 0.25) is 5.88 Å². The lowest BCUT2D eigenvalue weighted by Gasteiger charge is -2.18. The molecule has 2 bridgehead atoms. The molecule has 0 radical (unpaired) electrons. The predicted molar refractivity (Wildman–Crippen MR) is 139 cm³/mol. The monoisotopic (exact) mass is 537 g/mol. The molecule has 4 heterocycles. The minimum Gasteiger partial charge on any atom is -0.473 e. The zero-order chi connectivity index (χ0) is 27.7. The van der Waals surface area contributed by atoms with Crippen LogP contribution in [0.1, 0.15) is 29.8 Å². The summed E-state index contributed by atoms with van der Waals surface area (Å²) in [7, 11) is 0. The van der Waals surface area contributed by atoms with Crippen molar-refractivity contribution in [3.63, 3.8) is 0 Å². The Morgan fingerprint density at radius 1 is 1.26 bits per heavy atom. The summed E-state index contributed by atoms with van der Waals surface area (Å²) < 4.78 is 36.3. The number of anilines is 3. The lowest BCUT2D eigenvalue weighted by molar-refractivity contribution is 0.0932. The first-order valence-electron chi connectivity index (χ1n) is 12.1. The molecule has 0 saturated heterocycles. The maximum Gasteiger partial charge on any atom is 0.319 e. The molecule has 39 heavy (non-hydrogen) atoms. The molecule has 5 rings (SSSR count). The van der Waals surface area contributed by atoms with E-state index in [1.54, 1.807) is 19.9 Å². The number of pyridine rings is 1. The van der Waals surface area contributed by atoms with Crippen molar-refractivity contribution < 1.29 is 23.1 Å². The number of carbonyl (C=O) groups is 2. The van der Waals surface area contributed by atoms with Crippen molar-refractivity contribution in [3.05, 3.63) is 59.4 Å². The molecule has 3 aromatic heterocycles. The van der Waals surface area contributed by atoms with Crippen LogP contribution in [0, 0.1) is 11.6 Å². The molecule has 4 aromatic rings. The topological polar surface area (TPSA) is 161 Å². The lowest BCUT2D eigenvalue weighted by atomic mass is 10.1. The predicted octanol–water partition coefficient (Wildman–Crippen LogP) is 2.92. The summed E-state index contributed by atoms with van der Waals surface area (Å²) in [6.45, 7) is 4.01. The van der Waals surface area contributed by atoms with E-state index in [1.165, 1.54) is 28.9 Å². The molecule has 3 amide bonds. The average Bonchev–Trinajstić information content (AvgIpc) is 3.33. The third-order valence-electron chi connectivity index (χ3n) is 5.97. The Morgan fingerprint density at radius 2 is 2.08 bits per heavy atom. The second-order valence-electron chi connectivity index (χ2n) is 8.80. The van der Waals surface area contributed by atoms with Crippen molar-refractivity contribution in [2.45, 2.75) is 26.5 Å². The van der Waals surface area contributed by atoms with E-state index in [1.807, 2.05) is 0 Å². The average molecular weight is 538 g/mol. The summed E-state index contributed by atoms with van der Waals surface area (Å²) >= 11 is 0. The number of nitrogens with two attached hydrogens (primary N) is 1. The summed E-state index contributed by atoms with van der Waals surface area (Å²) in [6, 6.07) is 4.86.